The molecule has 0 spiro atoms. The van der Waals surface area contributed by atoms with E-state index < -0.39 is 0 Å². The van der Waals surface area contributed by atoms with Gasteiger partial charge in [-0.3, -0.25) is 0 Å². The summed E-state index contributed by atoms with van der Waals surface area (Å²) < 4.78 is 0. The first-order valence-corrected chi connectivity index (χ1v) is 1.37. The Morgan fingerprint density at radius 3 is 2.33 bits per heavy atom. The van der Waals surface area contributed by atoms with E-state index in [-0.39, 0.29) is 5.70 Å². The number of nitrogens with two attached hydrogens (primary N) is 1. The van der Waals surface area contributed by atoms with Gasteiger partial charge in [-0.15, -0.1) is 0 Å². The summed E-state index contributed by atoms with van der Waals surface area (Å²) in [4.78, 5) is 0. The summed E-state index contributed by atoms with van der Waals surface area (Å²) in [7, 11) is 0. The van der Waals surface area contributed by atoms with Crippen LogP contribution in [-0.2, 0) is 0 Å². The van der Waals surface area contributed by atoms with Crippen molar-refractivity contribution in [1.82, 2.24) is 0 Å². The minimum Gasteiger partial charge on any atom is -0.384 e. The maximum atomic E-state index is 7.82. The summed E-state index contributed by atoms with van der Waals surface area (Å²) in [6, 6.07) is 1.64. The lowest BCUT2D eigenvalue weighted by Gasteiger charge is -1.66. The Hall–Kier alpha value is -1.19. The van der Waals surface area contributed by atoms with Crippen molar-refractivity contribution in [3.05, 3.63) is 18.0 Å². The maximum Gasteiger partial charge on any atom is 0.153 e. The highest BCUT2D eigenvalue weighted by atomic mass is 14.6. The second-order valence-electron chi connectivity index (χ2n) is 0.702. The van der Waals surface area contributed by atoms with Gasteiger partial charge in [0.15, 0.2) is 5.70 Å². The molecule has 0 fully saturated rings. The van der Waals surface area contributed by atoms with Gasteiger partial charge < -0.3 is 5.73 Å². The van der Waals surface area contributed by atoms with Crippen LogP contribution in [0.15, 0.2) is 18.0 Å². The van der Waals surface area contributed by atoms with Crippen LogP contribution in [0, 0.1) is 11.3 Å². The van der Waals surface area contributed by atoms with Crippen LogP contribution in [0.3, 0.4) is 0 Å². The van der Waals surface area contributed by atoms with E-state index in [1.807, 2.05) is 0 Å². The molecule has 6 heavy (non-hydrogen) atoms. The van der Waals surface area contributed by atoms with Crippen LogP contribution in [0.4, 0.5) is 0 Å². The van der Waals surface area contributed by atoms with Crippen LogP contribution in [0.5, 0.6) is 0 Å². The summed E-state index contributed by atoms with van der Waals surface area (Å²) in [5.41, 5.74) is 7.09. The first kappa shape index (κ1) is 4.81. The van der Waals surface area contributed by atoms with E-state index in [0.29, 0.717) is 0 Å². The molecular formula is C4H4N2. The third-order valence-electron chi connectivity index (χ3n) is 0.311. The highest BCUT2D eigenvalue weighted by Crippen LogP contribution is 1.65. The molecule has 0 saturated carbocycles. The number of hydrogen-bond acceptors (Lipinski definition) is 2. The lowest BCUT2D eigenvalue weighted by molar-refractivity contribution is 1.40. The van der Waals surface area contributed by atoms with E-state index >= 15 is 0 Å². The lowest BCUT2D eigenvalue weighted by Crippen LogP contribution is -1.88. The number of hydrogen-bond donors (Lipinski definition) is 1. The van der Waals surface area contributed by atoms with E-state index in [4.69, 9.17) is 11.0 Å². The third kappa shape index (κ3) is 1.17. The Balaban J connectivity index is 3.99. The summed E-state index contributed by atoms with van der Waals surface area (Å²) in [6.45, 7) is 3.12. The number of nitrogens with zero attached hydrogens (tertiary/aromatic N) is 1. The fourth-order valence-corrected chi connectivity index (χ4v) is 0.0395. The van der Waals surface area contributed by atoms with Gasteiger partial charge in [0.05, 0.1) is 0 Å². The first-order chi connectivity index (χ1) is 2.81. The van der Waals surface area contributed by atoms with Gasteiger partial charge in [0, 0.05) is 0 Å². The maximum absolute atomic E-state index is 7.82. The van der Waals surface area contributed by atoms with E-state index in [1.54, 1.807) is 6.07 Å². The highest BCUT2D eigenvalue weighted by molar-refractivity contribution is 5.13. The fraction of sp³-hybridized carbons (Fsp3) is 0. The zero-order valence-corrected chi connectivity index (χ0v) is 3.23. The average Bonchev–Trinajstić information content (AvgIpc) is 1.65. The minimum atomic E-state index is 0.0370. The van der Waals surface area contributed by atoms with Crippen molar-refractivity contribution >= 4 is 0 Å². The zero-order chi connectivity index (χ0) is 4.99. The molecule has 30 valence electrons. The SMILES string of the molecule is C=C=C(N)C#N. The van der Waals surface area contributed by atoms with Gasteiger partial charge in [0.1, 0.15) is 6.07 Å². The Kier molecular flexibility index (Phi) is 1.66. The summed E-state index contributed by atoms with van der Waals surface area (Å²) in [5, 5.41) is 7.82. The van der Waals surface area contributed by atoms with Crippen LogP contribution in [0.25, 0.3) is 0 Å². The van der Waals surface area contributed by atoms with Crippen LogP contribution in [0.1, 0.15) is 0 Å². The number of nitriles is 1. The molecule has 0 aromatic rings. The second-order valence-corrected chi connectivity index (χ2v) is 0.702. The van der Waals surface area contributed by atoms with Gasteiger partial charge in [-0.2, -0.15) is 5.26 Å². The van der Waals surface area contributed by atoms with Crippen molar-refractivity contribution in [3.8, 4) is 6.07 Å². The lowest BCUT2D eigenvalue weighted by atomic mass is 10.5. The van der Waals surface area contributed by atoms with Crippen LogP contribution in [0.2, 0.25) is 0 Å². The van der Waals surface area contributed by atoms with E-state index in [2.05, 4.69) is 12.3 Å². The molecule has 0 radical (unpaired) electrons. The van der Waals surface area contributed by atoms with Gasteiger partial charge in [-0.25, -0.2) is 0 Å². The Morgan fingerprint density at radius 2 is 2.33 bits per heavy atom. The summed E-state index contributed by atoms with van der Waals surface area (Å²) >= 11 is 0. The highest BCUT2D eigenvalue weighted by Gasteiger charge is 1.69. The zero-order valence-electron chi connectivity index (χ0n) is 3.23. The van der Waals surface area contributed by atoms with Crippen molar-refractivity contribution in [1.29, 1.82) is 5.26 Å². The quantitative estimate of drug-likeness (QED) is 0.332. The molecular weight excluding hydrogens is 76.1 g/mol. The van der Waals surface area contributed by atoms with E-state index in [1.165, 1.54) is 0 Å². The summed E-state index contributed by atoms with van der Waals surface area (Å²) in [6.07, 6.45) is 0. The van der Waals surface area contributed by atoms with Crippen LogP contribution < -0.4 is 5.73 Å². The fourth-order valence-electron chi connectivity index (χ4n) is 0.0395. The standard InChI is InChI=1S/C4H4N2/c1-2-4(6)3-5/h1,6H2. The van der Waals surface area contributed by atoms with Crippen molar-refractivity contribution in [2.45, 2.75) is 0 Å². The predicted octanol–water partition coefficient (Wildman–Crippen LogP) is 0.137. The predicted molar refractivity (Wildman–Crippen MR) is 22.5 cm³/mol. The largest absolute Gasteiger partial charge is 0.384 e. The molecule has 0 aromatic carbocycles. The Bertz CT molecular complexity index is 123. The van der Waals surface area contributed by atoms with Crippen molar-refractivity contribution in [2.75, 3.05) is 0 Å². The topological polar surface area (TPSA) is 49.8 Å². The van der Waals surface area contributed by atoms with E-state index in [0.717, 1.165) is 0 Å². The molecule has 0 aliphatic heterocycles. The van der Waals surface area contributed by atoms with Crippen molar-refractivity contribution in [2.24, 2.45) is 5.73 Å². The molecule has 0 aliphatic rings. The molecule has 0 bridgehead atoms. The van der Waals surface area contributed by atoms with Crippen LogP contribution >= 0.6 is 0 Å². The molecule has 0 amide bonds. The Morgan fingerprint density at radius 1 is 1.83 bits per heavy atom. The monoisotopic (exact) mass is 80.0 g/mol. The molecule has 2 heteroatoms. The number of rotatable bonds is 0. The molecule has 0 heterocycles. The number of allylic oxidation sites excluding steroid dienone is 1. The van der Waals surface area contributed by atoms with Gasteiger partial charge in [-0.05, 0) is 0 Å². The first-order valence-electron chi connectivity index (χ1n) is 1.37. The molecule has 0 aliphatic carbocycles. The smallest absolute Gasteiger partial charge is 0.153 e. The second kappa shape index (κ2) is 2.07. The van der Waals surface area contributed by atoms with E-state index in [9.17, 15) is 0 Å². The van der Waals surface area contributed by atoms with Crippen molar-refractivity contribution in [3.63, 3.8) is 0 Å². The molecule has 0 rings (SSSR count). The summed E-state index contributed by atoms with van der Waals surface area (Å²) in [5.74, 6) is 0. The molecule has 0 aromatic heterocycles. The van der Waals surface area contributed by atoms with Crippen molar-refractivity contribution < 1.29 is 0 Å². The molecule has 0 unspecified atom stereocenters. The normalized spacial score (nSPS) is 5.17. The van der Waals surface area contributed by atoms with Gasteiger partial charge >= 0.3 is 0 Å². The molecule has 0 atom stereocenters. The third-order valence-corrected chi connectivity index (χ3v) is 0.311. The van der Waals surface area contributed by atoms with Crippen LogP contribution in [-0.4, -0.2) is 0 Å². The van der Waals surface area contributed by atoms with Gasteiger partial charge in [0.2, 0.25) is 0 Å². The molecule has 2 nitrogen and oxygen atoms in total. The minimum absolute atomic E-state index is 0.0370. The average molecular weight is 80.1 g/mol. The molecule has 2 N–H and O–H groups in total. The van der Waals surface area contributed by atoms with Gasteiger partial charge in [0.25, 0.3) is 0 Å². The Labute approximate surface area is 36.2 Å². The van der Waals surface area contributed by atoms with Gasteiger partial charge in [-0.1, -0.05) is 12.3 Å². The molecule has 0 saturated heterocycles.